The van der Waals surface area contributed by atoms with E-state index in [4.69, 9.17) is 0 Å². The summed E-state index contributed by atoms with van der Waals surface area (Å²) in [5.74, 6) is 0. The van der Waals surface area contributed by atoms with Crippen molar-refractivity contribution in [3.05, 3.63) is 65.4 Å². The van der Waals surface area contributed by atoms with E-state index in [2.05, 4.69) is 38.1 Å². The van der Waals surface area contributed by atoms with Crippen LogP contribution in [-0.2, 0) is 0 Å². The molecule has 4 aromatic rings. The van der Waals surface area contributed by atoms with Crippen LogP contribution in [0.4, 0.5) is 0 Å². The molecule has 0 saturated heterocycles. The van der Waals surface area contributed by atoms with E-state index in [1.807, 2.05) is 53.5 Å². The van der Waals surface area contributed by atoms with E-state index in [0.717, 1.165) is 26.2 Å². The summed E-state index contributed by atoms with van der Waals surface area (Å²) < 4.78 is 4.07. The largest absolute Gasteiger partial charge is 0.218 e. The van der Waals surface area contributed by atoms with Crippen molar-refractivity contribution < 1.29 is 0 Å². The molecule has 2 aromatic heterocycles. The third-order valence-electron chi connectivity index (χ3n) is 3.25. The summed E-state index contributed by atoms with van der Waals surface area (Å²) in [6.07, 6.45) is 3.88. The fourth-order valence-corrected chi connectivity index (χ4v) is 3.63. The highest BCUT2D eigenvalue weighted by Gasteiger charge is 2.09. The Labute approximate surface area is 134 Å². The van der Waals surface area contributed by atoms with E-state index in [1.165, 1.54) is 4.70 Å². The molecule has 0 radical (unpaired) electrons. The van der Waals surface area contributed by atoms with E-state index in [-0.39, 0.29) is 0 Å². The molecule has 0 N–H and O–H groups in total. The van der Waals surface area contributed by atoms with Crippen LogP contribution in [0.15, 0.2) is 65.4 Å². The average molecular weight is 356 g/mol. The van der Waals surface area contributed by atoms with Crippen LogP contribution in [0.25, 0.3) is 26.5 Å². The van der Waals surface area contributed by atoms with Crippen LogP contribution >= 0.6 is 27.3 Å². The number of thiazole rings is 1. The third kappa shape index (κ3) is 2.28. The van der Waals surface area contributed by atoms with Gasteiger partial charge in [-0.3, -0.25) is 0 Å². The van der Waals surface area contributed by atoms with Gasteiger partial charge in [0.1, 0.15) is 0 Å². The Morgan fingerprint density at radius 3 is 2.67 bits per heavy atom. The minimum Gasteiger partial charge on any atom is -0.218 e. The summed E-state index contributed by atoms with van der Waals surface area (Å²) >= 11 is 5.22. The quantitative estimate of drug-likeness (QED) is 0.511. The lowest BCUT2D eigenvalue weighted by atomic mass is 10.1. The lowest BCUT2D eigenvalue weighted by molar-refractivity contribution is 0.873. The van der Waals surface area contributed by atoms with E-state index in [0.29, 0.717) is 0 Å². The van der Waals surface area contributed by atoms with Gasteiger partial charge < -0.3 is 0 Å². The predicted molar refractivity (Wildman–Crippen MR) is 89.9 cm³/mol. The van der Waals surface area contributed by atoms with Crippen molar-refractivity contribution in [1.29, 1.82) is 0 Å². The summed E-state index contributed by atoms with van der Waals surface area (Å²) in [7, 11) is 0. The summed E-state index contributed by atoms with van der Waals surface area (Å²) in [6.45, 7) is 0. The Bertz CT molecular complexity index is 893. The topological polar surface area (TPSA) is 30.7 Å². The van der Waals surface area contributed by atoms with E-state index in [1.54, 1.807) is 11.3 Å². The Morgan fingerprint density at radius 2 is 1.81 bits per heavy atom. The maximum atomic E-state index is 4.62. The molecule has 0 atom stereocenters. The Kier molecular flexibility index (Phi) is 3.09. The van der Waals surface area contributed by atoms with Crippen molar-refractivity contribution >= 4 is 37.5 Å². The molecule has 0 saturated carbocycles. The fraction of sp³-hybridized carbons (Fsp3) is 0. The van der Waals surface area contributed by atoms with Gasteiger partial charge in [0.15, 0.2) is 0 Å². The molecule has 0 aliphatic carbocycles. The first-order valence-electron chi connectivity index (χ1n) is 6.47. The number of halogens is 1. The molecule has 0 aliphatic rings. The van der Waals surface area contributed by atoms with Gasteiger partial charge in [0.2, 0.25) is 5.13 Å². The SMILES string of the molecule is Brc1ccccc1-c1cnn(-c2nc3ccccc3s2)c1. The molecule has 0 fully saturated rings. The number of fused-ring (bicyclic) bond motifs is 1. The van der Waals surface area contributed by atoms with Crippen LogP contribution in [0.5, 0.6) is 0 Å². The second kappa shape index (κ2) is 5.09. The van der Waals surface area contributed by atoms with E-state index >= 15 is 0 Å². The molecular formula is C16H10BrN3S. The van der Waals surface area contributed by atoms with Crippen LogP contribution in [0.2, 0.25) is 0 Å². The van der Waals surface area contributed by atoms with Gasteiger partial charge in [0.25, 0.3) is 0 Å². The zero-order valence-corrected chi connectivity index (χ0v) is 13.3. The zero-order chi connectivity index (χ0) is 14.2. The molecule has 0 spiro atoms. The molecular weight excluding hydrogens is 346 g/mol. The average Bonchev–Trinajstić information content (AvgIpc) is 3.14. The summed E-state index contributed by atoms with van der Waals surface area (Å²) in [4.78, 5) is 4.62. The Balaban J connectivity index is 1.79. The number of aromatic nitrogens is 3. The van der Waals surface area contributed by atoms with Crippen molar-refractivity contribution in [2.75, 3.05) is 0 Å². The highest BCUT2D eigenvalue weighted by molar-refractivity contribution is 9.10. The van der Waals surface area contributed by atoms with Crippen molar-refractivity contribution in [2.24, 2.45) is 0 Å². The van der Waals surface area contributed by atoms with Gasteiger partial charge in [-0.2, -0.15) is 5.10 Å². The first-order valence-corrected chi connectivity index (χ1v) is 8.08. The number of benzene rings is 2. The molecule has 0 unspecified atom stereocenters. The van der Waals surface area contributed by atoms with E-state index in [9.17, 15) is 0 Å². The maximum absolute atomic E-state index is 4.62. The zero-order valence-electron chi connectivity index (χ0n) is 10.9. The van der Waals surface area contributed by atoms with Crippen LogP contribution in [0.1, 0.15) is 0 Å². The molecule has 102 valence electrons. The van der Waals surface area contributed by atoms with Gasteiger partial charge >= 0.3 is 0 Å². The highest BCUT2D eigenvalue weighted by Crippen LogP contribution is 2.29. The van der Waals surface area contributed by atoms with Gasteiger partial charge in [0.05, 0.1) is 16.4 Å². The van der Waals surface area contributed by atoms with Crippen molar-refractivity contribution in [3.8, 4) is 16.3 Å². The van der Waals surface area contributed by atoms with Crippen LogP contribution < -0.4 is 0 Å². The smallest absolute Gasteiger partial charge is 0.211 e. The molecule has 3 nitrogen and oxygen atoms in total. The fourth-order valence-electron chi connectivity index (χ4n) is 2.22. The number of hydrogen-bond acceptors (Lipinski definition) is 3. The maximum Gasteiger partial charge on any atom is 0.211 e. The molecule has 21 heavy (non-hydrogen) atoms. The molecule has 2 heterocycles. The molecule has 0 bridgehead atoms. The van der Waals surface area contributed by atoms with Crippen LogP contribution in [0.3, 0.4) is 0 Å². The summed E-state index contributed by atoms with van der Waals surface area (Å²) in [5.41, 5.74) is 3.21. The third-order valence-corrected chi connectivity index (χ3v) is 4.96. The van der Waals surface area contributed by atoms with Gasteiger partial charge in [0, 0.05) is 16.2 Å². The first-order chi connectivity index (χ1) is 10.3. The molecule has 0 aliphatic heterocycles. The first kappa shape index (κ1) is 12.7. The van der Waals surface area contributed by atoms with Crippen molar-refractivity contribution in [1.82, 2.24) is 14.8 Å². The monoisotopic (exact) mass is 355 g/mol. The number of para-hydroxylation sites is 1. The lowest BCUT2D eigenvalue weighted by Gasteiger charge is -1.99. The van der Waals surface area contributed by atoms with Gasteiger partial charge in [-0.05, 0) is 23.8 Å². The highest BCUT2D eigenvalue weighted by atomic mass is 79.9. The second-order valence-corrected chi connectivity index (χ2v) is 6.48. The van der Waals surface area contributed by atoms with Gasteiger partial charge in [-0.25, -0.2) is 9.67 Å². The standard InChI is InChI=1S/C16H10BrN3S/c17-13-6-2-1-5-12(13)11-9-18-20(10-11)16-19-14-7-3-4-8-15(14)21-16/h1-10H. The molecule has 4 rings (SSSR count). The molecule has 0 amide bonds. The number of rotatable bonds is 2. The minimum atomic E-state index is 0.884. The normalized spacial score (nSPS) is 11.1. The van der Waals surface area contributed by atoms with Crippen LogP contribution in [0, 0.1) is 0 Å². The van der Waals surface area contributed by atoms with Crippen molar-refractivity contribution in [3.63, 3.8) is 0 Å². The Morgan fingerprint density at radius 1 is 1.00 bits per heavy atom. The lowest BCUT2D eigenvalue weighted by Crippen LogP contribution is -1.91. The summed E-state index contributed by atoms with van der Waals surface area (Å²) in [5, 5.41) is 5.33. The van der Waals surface area contributed by atoms with Gasteiger partial charge in [-0.1, -0.05) is 57.6 Å². The predicted octanol–water partition coefficient (Wildman–Crippen LogP) is 4.91. The Hall–Kier alpha value is -1.98. The second-order valence-electron chi connectivity index (χ2n) is 4.62. The van der Waals surface area contributed by atoms with Crippen LogP contribution in [-0.4, -0.2) is 14.8 Å². The molecule has 5 heteroatoms. The van der Waals surface area contributed by atoms with Crippen molar-refractivity contribution in [2.45, 2.75) is 0 Å². The number of hydrogen-bond donors (Lipinski definition) is 0. The number of nitrogens with zero attached hydrogens (tertiary/aromatic N) is 3. The van der Waals surface area contributed by atoms with E-state index < -0.39 is 0 Å². The minimum absolute atomic E-state index is 0.884. The summed E-state index contributed by atoms with van der Waals surface area (Å²) in [6, 6.07) is 16.3. The molecule has 2 aromatic carbocycles. The van der Waals surface area contributed by atoms with Gasteiger partial charge in [-0.15, -0.1) is 0 Å².